The fourth-order valence-electron chi connectivity index (χ4n) is 1.79. The summed E-state index contributed by atoms with van der Waals surface area (Å²) < 4.78 is 0. The Kier molecular flexibility index (Phi) is 5.30. The highest BCUT2D eigenvalue weighted by molar-refractivity contribution is 5.95. The molecule has 1 aromatic rings. The minimum absolute atomic E-state index is 0.0562. The van der Waals surface area contributed by atoms with E-state index in [0.29, 0.717) is 23.6 Å². The molecule has 0 aliphatic heterocycles. The second-order valence-electron chi connectivity index (χ2n) is 4.88. The lowest BCUT2D eigenvalue weighted by atomic mass is 10.1. The molecule has 1 amide bonds. The first-order valence-corrected chi connectivity index (χ1v) is 6.16. The number of carbonyl (C=O) groups excluding carboxylic acids is 1. The zero-order valence-corrected chi connectivity index (χ0v) is 11.5. The van der Waals surface area contributed by atoms with Crippen LogP contribution in [0.2, 0.25) is 0 Å². The van der Waals surface area contributed by atoms with E-state index in [4.69, 9.17) is 5.11 Å². The molecule has 0 saturated heterocycles. The highest BCUT2D eigenvalue weighted by Gasteiger charge is 2.12. The van der Waals surface area contributed by atoms with Gasteiger partial charge in [0.15, 0.2) is 0 Å². The lowest BCUT2D eigenvalue weighted by Crippen LogP contribution is -2.30. The predicted octanol–water partition coefficient (Wildman–Crippen LogP) is 2.51. The molecule has 0 bridgehead atoms. The fourth-order valence-corrected chi connectivity index (χ4v) is 1.79. The number of amides is 1. The highest BCUT2D eigenvalue weighted by atomic mass is 16.4. The topological polar surface area (TPSA) is 57.6 Å². The first kappa shape index (κ1) is 15.0. The first-order chi connectivity index (χ1) is 8.90. The predicted molar refractivity (Wildman–Crippen MR) is 74.9 cm³/mol. The second kappa shape index (κ2) is 6.73. The SMILES string of the molecule is CC(C)CN(C)C(=O)c1cccc(C=CC(=O)O)c1. The molecule has 1 N–H and O–H groups in total. The Hall–Kier alpha value is -2.10. The van der Waals surface area contributed by atoms with Crippen molar-refractivity contribution in [2.45, 2.75) is 13.8 Å². The van der Waals surface area contributed by atoms with Crippen LogP contribution in [-0.4, -0.2) is 35.5 Å². The van der Waals surface area contributed by atoms with Crippen molar-refractivity contribution in [1.29, 1.82) is 0 Å². The van der Waals surface area contributed by atoms with Crippen LogP contribution >= 0.6 is 0 Å². The summed E-state index contributed by atoms with van der Waals surface area (Å²) in [6, 6.07) is 6.94. The van der Waals surface area contributed by atoms with Crippen LogP contribution in [0.1, 0.15) is 29.8 Å². The van der Waals surface area contributed by atoms with Crippen molar-refractivity contribution >= 4 is 18.0 Å². The lowest BCUT2D eigenvalue weighted by molar-refractivity contribution is -0.131. The van der Waals surface area contributed by atoms with E-state index in [1.54, 1.807) is 36.2 Å². The molecular formula is C15H19NO3. The molecule has 4 heteroatoms. The Morgan fingerprint density at radius 1 is 1.37 bits per heavy atom. The van der Waals surface area contributed by atoms with Gasteiger partial charge in [0.2, 0.25) is 0 Å². The summed E-state index contributed by atoms with van der Waals surface area (Å²) in [6.45, 7) is 4.79. The molecule has 0 heterocycles. The van der Waals surface area contributed by atoms with Gasteiger partial charge in [-0.2, -0.15) is 0 Å². The number of nitrogens with zero attached hydrogens (tertiary/aromatic N) is 1. The zero-order valence-electron chi connectivity index (χ0n) is 11.5. The summed E-state index contributed by atoms with van der Waals surface area (Å²) >= 11 is 0. The zero-order chi connectivity index (χ0) is 14.4. The maximum Gasteiger partial charge on any atom is 0.328 e. The number of benzene rings is 1. The maximum absolute atomic E-state index is 12.2. The van der Waals surface area contributed by atoms with Gasteiger partial charge in [-0.25, -0.2) is 4.79 Å². The number of carbonyl (C=O) groups is 2. The van der Waals surface area contributed by atoms with E-state index < -0.39 is 5.97 Å². The first-order valence-electron chi connectivity index (χ1n) is 6.16. The van der Waals surface area contributed by atoms with Crippen LogP contribution < -0.4 is 0 Å². The van der Waals surface area contributed by atoms with Crippen LogP contribution in [0, 0.1) is 5.92 Å². The number of hydrogen-bond acceptors (Lipinski definition) is 2. The molecule has 0 radical (unpaired) electrons. The molecule has 1 aromatic carbocycles. The summed E-state index contributed by atoms with van der Waals surface area (Å²) in [5.74, 6) is -0.656. The highest BCUT2D eigenvalue weighted by Crippen LogP contribution is 2.10. The van der Waals surface area contributed by atoms with Gasteiger partial charge in [0.05, 0.1) is 0 Å². The molecule has 0 spiro atoms. The number of aliphatic carboxylic acids is 1. The average molecular weight is 261 g/mol. The van der Waals surface area contributed by atoms with Crippen LogP contribution in [0.15, 0.2) is 30.3 Å². The Morgan fingerprint density at radius 2 is 2.05 bits per heavy atom. The third-order valence-corrected chi connectivity index (χ3v) is 2.54. The van der Waals surface area contributed by atoms with Crippen molar-refractivity contribution in [3.05, 3.63) is 41.5 Å². The summed E-state index contributed by atoms with van der Waals surface area (Å²) in [5, 5.41) is 8.58. The molecule has 0 unspecified atom stereocenters. The number of rotatable bonds is 5. The van der Waals surface area contributed by atoms with Gasteiger partial charge >= 0.3 is 5.97 Å². The molecule has 0 atom stereocenters. The maximum atomic E-state index is 12.2. The summed E-state index contributed by atoms with van der Waals surface area (Å²) in [5.41, 5.74) is 1.27. The van der Waals surface area contributed by atoms with Gasteiger partial charge in [-0.3, -0.25) is 4.79 Å². The van der Waals surface area contributed by atoms with E-state index in [9.17, 15) is 9.59 Å². The van der Waals surface area contributed by atoms with E-state index >= 15 is 0 Å². The number of hydrogen-bond donors (Lipinski definition) is 1. The van der Waals surface area contributed by atoms with Crippen LogP contribution in [0.5, 0.6) is 0 Å². The molecule has 0 aliphatic rings. The largest absolute Gasteiger partial charge is 0.478 e. The normalized spacial score (nSPS) is 10.9. The van der Waals surface area contributed by atoms with Crippen LogP contribution in [0.3, 0.4) is 0 Å². The minimum atomic E-state index is -1.01. The Morgan fingerprint density at radius 3 is 2.63 bits per heavy atom. The smallest absolute Gasteiger partial charge is 0.328 e. The van der Waals surface area contributed by atoms with Crippen molar-refractivity contribution in [1.82, 2.24) is 4.90 Å². The van der Waals surface area contributed by atoms with Gasteiger partial charge in [-0.1, -0.05) is 26.0 Å². The van der Waals surface area contributed by atoms with E-state index in [0.717, 1.165) is 6.08 Å². The number of carboxylic acid groups (broad SMARTS) is 1. The van der Waals surface area contributed by atoms with E-state index in [1.165, 1.54) is 6.08 Å². The average Bonchev–Trinajstić information content (AvgIpc) is 2.35. The monoisotopic (exact) mass is 261 g/mol. The van der Waals surface area contributed by atoms with E-state index in [1.807, 2.05) is 0 Å². The fraction of sp³-hybridized carbons (Fsp3) is 0.333. The summed E-state index contributed by atoms with van der Waals surface area (Å²) in [4.78, 5) is 24.3. The molecule has 102 valence electrons. The lowest BCUT2D eigenvalue weighted by Gasteiger charge is -2.19. The molecule has 0 aliphatic carbocycles. The standard InChI is InChI=1S/C15H19NO3/c1-11(2)10-16(3)15(19)13-6-4-5-12(9-13)7-8-14(17)18/h4-9,11H,10H2,1-3H3,(H,17,18). The Balaban J connectivity index is 2.86. The molecule has 19 heavy (non-hydrogen) atoms. The quantitative estimate of drug-likeness (QED) is 0.828. The van der Waals surface area contributed by atoms with Crippen molar-refractivity contribution in [3.8, 4) is 0 Å². The van der Waals surface area contributed by atoms with Gasteiger partial charge in [0.25, 0.3) is 5.91 Å². The van der Waals surface area contributed by atoms with E-state index in [-0.39, 0.29) is 5.91 Å². The van der Waals surface area contributed by atoms with Crippen LogP contribution in [-0.2, 0) is 4.79 Å². The third-order valence-electron chi connectivity index (χ3n) is 2.54. The van der Waals surface area contributed by atoms with Gasteiger partial charge < -0.3 is 10.0 Å². The van der Waals surface area contributed by atoms with Gasteiger partial charge in [-0.05, 0) is 29.7 Å². The van der Waals surface area contributed by atoms with Crippen LogP contribution in [0.25, 0.3) is 6.08 Å². The van der Waals surface area contributed by atoms with Crippen molar-refractivity contribution < 1.29 is 14.7 Å². The molecule has 0 saturated carbocycles. The minimum Gasteiger partial charge on any atom is -0.478 e. The third kappa shape index (κ3) is 4.95. The summed E-state index contributed by atoms with van der Waals surface area (Å²) in [7, 11) is 1.77. The molecule has 0 fully saturated rings. The van der Waals surface area contributed by atoms with Gasteiger partial charge in [-0.15, -0.1) is 0 Å². The van der Waals surface area contributed by atoms with Crippen molar-refractivity contribution in [3.63, 3.8) is 0 Å². The van der Waals surface area contributed by atoms with Crippen LogP contribution in [0.4, 0.5) is 0 Å². The Bertz CT molecular complexity index is 492. The molecule has 4 nitrogen and oxygen atoms in total. The number of carboxylic acids is 1. The summed E-state index contributed by atoms with van der Waals surface area (Å²) in [6.07, 6.45) is 2.53. The second-order valence-corrected chi connectivity index (χ2v) is 4.88. The Labute approximate surface area is 113 Å². The molecule has 0 aromatic heterocycles. The van der Waals surface area contributed by atoms with E-state index in [2.05, 4.69) is 13.8 Å². The van der Waals surface area contributed by atoms with Gasteiger partial charge in [0.1, 0.15) is 0 Å². The molecular weight excluding hydrogens is 242 g/mol. The molecule has 1 rings (SSSR count). The van der Waals surface area contributed by atoms with Gasteiger partial charge in [0, 0.05) is 25.2 Å². The van der Waals surface area contributed by atoms with Crippen molar-refractivity contribution in [2.24, 2.45) is 5.92 Å². The van der Waals surface area contributed by atoms with Crippen molar-refractivity contribution in [2.75, 3.05) is 13.6 Å².